The van der Waals surface area contributed by atoms with Crippen LogP contribution in [-0.4, -0.2) is 34.3 Å². The van der Waals surface area contributed by atoms with Gasteiger partial charge in [-0.1, -0.05) is 27.2 Å². The van der Waals surface area contributed by atoms with Gasteiger partial charge in [-0.05, 0) is 38.6 Å². The average Bonchev–Trinajstić information content (AvgIpc) is 2.31. The summed E-state index contributed by atoms with van der Waals surface area (Å²) in [5.74, 6) is 0.892. The second-order valence-corrected chi connectivity index (χ2v) is 6.99. The van der Waals surface area contributed by atoms with Gasteiger partial charge in [-0.2, -0.15) is 11.8 Å². The summed E-state index contributed by atoms with van der Waals surface area (Å²) in [7, 11) is 0. The highest BCUT2D eigenvalue weighted by atomic mass is 32.2. The first-order valence-electron chi connectivity index (χ1n) is 7.15. The summed E-state index contributed by atoms with van der Waals surface area (Å²) in [5, 5.41) is 14.3. The van der Waals surface area contributed by atoms with Gasteiger partial charge >= 0.3 is 0 Å². The lowest BCUT2D eigenvalue weighted by Crippen LogP contribution is -2.43. The number of hydrogen-bond donors (Lipinski definition) is 2. The predicted molar refractivity (Wildman–Crippen MR) is 77.6 cm³/mol. The summed E-state index contributed by atoms with van der Waals surface area (Å²) < 4.78 is 0. The number of rotatable bonds is 6. The maximum absolute atomic E-state index is 9.65. The predicted octanol–water partition coefficient (Wildman–Crippen LogP) is 3.05. The third kappa shape index (κ3) is 4.80. The van der Waals surface area contributed by atoms with Crippen molar-refractivity contribution in [1.82, 2.24) is 5.32 Å². The zero-order valence-corrected chi connectivity index (χ0v) is 12.6. The molecule has 0 spiro atoms. The highest BCUT2D eigenvalue weighted by Crippen LogP contribution is 2.36. The van der Waals surface area contributed by atoms with Crippen molar-refractivity contribution >= 4 is 11.8 Å². The Morgan fingerprint density at radius 1 is 1.29 bits per heavy atom. The van der Waals surface area contributed by atoms with Crippen LogP contribution in [0.25, 0.3) is 0 Å². The van der Waals surface area contributed by atoms with Crippen LogP contribution < -0.4 is 5.32 Å². The van der Waals surface area contributed by atoms with Crippen LogP contribution in [0.3, 0.4) is 0 Å². The fraction of sp³-hybridized carbons (Fsp3) is 1.00. The quantitative estimate of drug-likeness (QED) is 0.769. The first kappa shape index (κ1) is 15.3. The molecule has 0 saturated heterocycles. The normalized spacial score (nSPS) is 33.4. The second kappa shape index (κ2) is 7.65. The zero-order valence-electron chi connectivity index (χ0n) is 11.8. The highest BCUT2D eigenvalue weighted by molar-refractivity contribution is 8.00. The van der Waals surface area contributed by atoms with Crippen molar-refractivity contribution < 1.29 is 5.11 Å². The van der Waals surface area contributed by atoms with Gasteiger partial charge in [0.05, 0.1) is 6.10 Å². The molecule has 1 rings (SSSR count). The van der Waals surface area contributed by atoms with Crippen LogP contribution in [0.15, 0.2) is 0 Å². The maximum Gasteiger partial charge on any atom is 0.0628 e. The van der Waals surface area contributed by atoms with Gasteiger partial charge in [-0.3, -0.25) is 0 Å². The van der Waals surface area contributed by atoms with Crippen molar-refractivity contribution in [1.29, 1.82) is 0 Å². The molecule has 0 bridgehead atoms. The van der Waals surface area contributed by atoms with E-state index in [1.54, 1.807) is 0 Å². The van der Waals surface area contributed by atoms with Crippen molar-refractivity contribution in [3.05, 3.63) is 0 Å². The zero-order chi connectivity index (χ0) is 12.8. The number of aliphatic hydroxyl groups is 1. The summed E-state index contributed by atoms with van der Waals surface area (Å²) in [6.07, 6.45) is 5.09. The van der Waals surface area contributed by atoms with Crippen molar-refractivity contribution in [2.24, 2.45) is 5.92 Å². The van der Waals surface area contributed by atoms with Crippen LogP contribution in [0.1, 0.15) is 53.4 Å². The van der Waals surface area contributed by atoms with Gasteiger partial charge in [-0.25, -0.2) is 0 Å². The van der Waals surface area contributed by atoms with Crippen molar-refractivity contribution in [3.63, 3.8) is 0 Å². The lowest BCUT2D eigenvalue weighted by atomic mass is 9.84. The number of aliphatic hydroxyl groups excluding tert-OH is 1. The molecule has 1 fully saturated rings. The van der Waals surface area contributed by atoms with E-state index in [1.165, 1.54) is 25.7 Å². The van der Waals surface area contributed by atoms with Gasteiger partial charge in [0, 0.05) is 16.5 Å². The van der Waals surface area contributed by atoms with Gasteiger partial charge in [0.15, 0.2) is 0 Å². The molecule has 17 heavy (non-hydrogen) atoms. The molecule has 1 saturated carbocycles. The minimum Gasteiger partial charge on any atom is -0.392 e. The Kier molecular flexibility index (Phi) is 6.90. The van der Waals surface area contributed by atoms with Crippen molar-refractivity contribution in [2.75, 3.05) is 6.54 Å². The molecule has 0 aliphatic heterocycles. The summed E-state index contributed by atoms with van der Waals surface area (Å²) in [6.45, 7) is 9.60. The van der Waals surface area contributed by atoms with Crippen LogP contribution >= 0.6 is 11.8 Å². The van der Waals surface area contributed by atoms with Crippen LogP contribution in [-0.2, 0) is 0 Å². The Labute approximate surface area is 111 Å². The Hall–Kier alpha value is 0.270. The number of nitrogens with one attached hydrogen (secondary N) is 1. The fourth-order valence-corrected chi connectivity index (χ4v) is 4.20. The Morgan fingerprint density at radius 2 is 2.00 bits per heavy atom. The van der Waals surface area contributed by atoms with Crippen LogP contribution in [0.5, 0.6) is 0 Å². The molecule has 0 amide bonds. The molecule has 0 heterocycles. The van der Waals surface area contributed by atoms with E-state index in [4.69, 9.17) is 0 Å². The Bertz CT molecular complexity index is 210. The minimum absolute atomic E-state index is 0.204. The Balaban J connectivity index is 2.53. The third-order valence-electron chi connectivity index (χ3n) is 4.01. The molecule has 1 aliphatic carbocycles. The largest absolute Gasteiger partial charge is 0.392 e. The van der Waals surface area contributed by atoms with E-state index in [9.17, 15) is 5.11 Å². The standard InChI is InChI=1S/C14H29NOS/c1-5-12-7-8-13(15-6-2)14(9-12)17-11(4)10(3)16/h10-16H,5-9H2,1-4H3. The molecule has 3 heteroatoms. The number of hydrogen-bond acceptors (Lipinski definition) is 3. The molecular weight excluding hydrogens is 230 g/mol. The fourth-order valence-electron chi connectivity index (χ4n) is 2.62. The van der Waals surface area contributed by atoms with Crippen molar-refractivity contribution in [2.45, 2.75) is 76.0 Å². The monoisotopic (exact) mass is 259 g/mol. The highest BCUT2D eigenvalue weighted by Gasteiger charge is 2.31. The molecule has 2 nitrogen and oxygen atoms in total. The van der Waals surface area contributed by atoms with E-state index in [0.717, 1.165) is 12.5 Å². The number of thioether (sulfide) groups is 1. The smallest absolute Gasteiger partial charge is 0.0628 e. The molecule has 5 unspecified atom stereocenters. The molecule has 0 aromatic rings. The van der Waals surface area contributed by atoms with Gasteiger partial charge < -0.3 is 10.4 Å². The van der Waals surface area contributed by atoms with Gasteiger partial charge in [-0.15, -0.1) is 0 Å². The van der Waals surface area contributed by atoms with Gasteiger partial charge in [0.25, 0.3) is 0 Å². The topological polar surface area (TPSA) is 32.3 Å². The molecule has 2 N–H and O–H groups in total. The second-order valence-electron chi connectivity index (χ2n) is 5.37. The van der Waals surface area contributed by atoms with E-state index in [2.05, 4.69) is 26.1 Å². The first-order chi connectivity index (χ1) is 8.08. The molecular formula is C14H29NOS. The summed E-state index contributed by atoms with van der Waals surface area (Å²) in [4.78, 5) is 0. The van der Waals surface area contributed by atoms with E-state index in [0.29, 0.717) is 16.5 Å². The minimum atomic E-state index is -0.204. The molecule has 5 atom stereocenters. The molecule has 0 radical (unpaired) electrons. The van der Waals surface area contributed by atoms with E-state index >= 15 is 0 Å². The summed E-state index contributed by atoms with van der Waals surface area (Å²) >= 11 is 1.98. The lowest BCUT2D eigenvalue weighted by molar-refractivity contribution is 0.195. The van der Waals surface area contributed by atoms with E-state index < -0.39 is 0 Å². The lowest BCUT2D eigenvalue weighted by Gasteiger charge is -2.37. The maximum atomic E-state index is 9.65. The Morgan fingerprint density at radius 3 is 2.53 bits per heavy atom. The summed E-state index contributed by atoms with van der Waals surface area (Å²) in [5.41, 5.74) is 0. The first-order valence-corrected chi connectivity index (χ1v) is 8.09. The third-order valence-corrected chi connectivity index (χ3v) is 5.71. The van der Waals surface area contributed by atoms with Gasteiger partial charge in [0.2, 0.25) is 0 Å². The summed E-state index contributed by atoms with van der Waals surface area (Å²) in [6, 6.07) is 0.647. The average molecular weight is 259 g/mol. The van der Waals surface area contributed by atoms with Crippen LogP contribution in [0.4, 0.5) is 0 Å². The van der Waals surface area contributed by atoms with Gasteiger partial charge in [0.1, 0.15) is 0 Å². The molecule has 102 valence electrons. The van der Waals surface area contributed by atoms with E-state index in [-0.39, 0.29) is 6.10 Å². The molecule has 0 aromatic carbocycles. The van der Waals surface area contributed by atoms with E-state index in [1.807, 2.05) is 18.7 Å². The molecule has 0 aromatic heterocycles. The molecule has 1 aliphatic rings. The van der Waals surface area contributed by atoms with Crippen LogP contribution in [0.2, 0.25) is 0 Å². The van der Waals surface area contributed by atoms with Crippen molar-refractivity contribution in [3.8, 4) is 0 Å². The SMILES string of the molecule is CCNC1CCC(CC)CC1SC(C)C(C)O. The van der Waals surface area contributed by atoms with Crippen LogP contribution in [0, 0.1) is 5.92 Å².